The van der Waals surface area contributed by atoms with E-state index in [0.717, 1.165) is 23.9 Å². The van der Waals surface area contributed by atoms with Gasteiger partial charge in [-0.2, -0.15) is 0 Å². The molecule has 0 unspecified atom stereocenters. The molecule has 0 radical (unpaired) electrons. The van der Waals surface area contributed by atoms with Crippen LogP contribution in [-0.2, 0) is 15.4 Å². The summed E-state index contributed by atoms with van der Waals surface area (Å²) in [5.74, 6) is 1.20. The molecule has 40 heavy (non-hydrogen) atoms. The van der Waals surface area contributed by atoms with Crippen LogP contribution in [0.25, 0.3) is 0 Å². The first-order valence-electron chi connectivity index (χ1n) is 12.7. The minimum absolute atomic E-state index is 0.200. The molecule has 0 aliphatic carbocycles. The number of hydrogen-bond acceptors (Lipinski definition) is 9. The Morgan fingerprint density at radius 1 is 1.05 bits per heavy atom. The van der Waals surface area contributed by atoms with E-state index in [9.17, 15) is 13.2 Å². The molecule has 11 nitrogen and oxygen atoms in total. The number of methoxy groups -OCH3 is 1. The van der Waals surface area contributed by atoms with Crippen LogP contribution in [0.5, 0.6) is 17.4 Å². The van der Waals surface area contributed by atoms with Crippen molar-refractivity contribution in [1.82, 2.24) is 14.9 Å². The summed E-state index contributed by atoms with van der Waals surface area (Å²) in [6.45, 7) is 9.39. The maximum absolute atomic E-state index is 13.4. The topological polar surface area (TPSA) is 135 Å². The van der Waals surface area contributed by atoms with Crippen LogP contribution >= 0.6 is 0 Å². The highest BCUT2D eigenvalue weighted by Crippen LogP contribution is 2.39. The fourth-order valence-corrected chi connectivity index (χ4v) is 4.26. The number of aromatic nitrogens is 2. The molecule has 1 amide bonds. The van der Waals surface area contributed by atoms with Gasteiger partial charge in [0.25, 0.3) is 5.91 Å². The first kappa shape index (κ1) is 30.6. The number of aryl methyl sites for hydroxylation is 1. The lowest BCUT2D eigenvalue weighted by atomic mass is 9.86. The van der Waals surface area contributed by atoms with E-state index in [1.807, 2.05) is 41.8 Å². The van der Waals surface area contributed by atoms with Crippen LogP contribution in [0.4, 0.5) is 17.2 Å². The fourth-order valence-electron chi connectivity index (χ4n) is 3.71. The summed E-state index contributed by atoms with van der Waals surface area (Å²) in [5, 5.41) is 6.10. The number of hydrogen-bond donors (Lipinski definition) is 3. The molecule has 0 spiro atoms. The molecule has 0 fully saturated rings. The second-order valence-electron chi connectivity index (χ2n) is 10.7. The SMILES string of the molecule is COc1c(NC(=O)c2ccc(C)c(Oc3cc(NCCN(C)C)ncn3)c2)cc(C(C)(C)C)cc1NS(C)(=O)=O. The zero-order chi connectivity index (χ0) is 29.7. The Labute approximate surface area is 236 Å². The molecule has 0 bridgehead atoms. The Bertz CT molecular complexity index is 1470. The van der Waals surface area contributed by atoms with Crippen molar-refractivity contribution in [3.8, 4) is 17.4 Å². The van der Waals surface area contributed by atoms with Crippen LogP contribution in [0.2, 0.25) is 0 Å². The van der Waals surface area contributed by atoms with Gasteiger partial charge < -0.3 is 25.0 Å². The number of sulfonamides is 1. The lowest BCUT2D eigenvalue weighted by Crippen LogP contribution is -2.21. The van der Waals surface area contributed by atoms with Crippen LogP contribution in [0, 0.1) is 6.92 Å². The van der Waals surface area contributed by atoms with E-state index in [4.69, 9.17) is 9.47 Å². The van der Waals surface area contributed by atoms with Crippen molar-refractivity contribution in [2.24, 2.45) is 0 Å². The Morgan fingerprint density at radius 2 is 1.75 bits per heavy atom. The van der Waals surface area contributed by atoms with Gasteiger partial charge >= 0.3 is 0 Å². The molecule has 3 aromatic rings. The average Bonchev–Trinajstić information content (AvgIpc) is 2.83. The Morgan fingerprint density at radius 3 is 2.38 bits per heavy atom. The highest BCUT2D eigenvalue weighted by molar-refractivity contribution is 7.92. The quantitative estimate of drug-likeness (QED) is 0.305. The van der Waals surface area contributed by atoms with E-state index in [-0.39, 0.29) is 16.9 Å². The normalized spacial score (nSPS) is 11.7. The van der Waals surface area contributed by atoms with Gasteiger partial charge in [-0.25, -0.2) is 18.4 Å². The van der Waals surface area contributed by atoms with Crippen LogP contribution in [0.3, 0.4) is 0 Å². The summed E-state index contributed by atoms with van der Waals surface area (Å²) in [4.78, 5) is 23.9. The maximum atomic E-state index is 13.4. The maximum Gasteiger partial charge on any atom is 0.255 e. The molecule has 1 heterocycles. The van der Waals surface area contributed by atoms with E-state index in [1.165, 1.54) is 13.4 Å². The molecule has 216 valence electrons. The monoisotopic (exact) mass is 570 g/mol. The molecular formula is C28H38N6O5S. The molecule has 0 saturated carbocycles. The molecule has 3 rings (SSSR count). The molecule has 3 N–H and O–H groups in total. The largest absolute Gasteiger partial charge is 0.492 e. The van der Waals surface area contributed by atoms with Crippen LogP contribution in [0.15, 0.2) is 42.7 Å². The van der Waals surface area contributed by atoms with Crippen molar-refractivity contribution in [2.45, 2.75) is 33.1 Å². The lowest BCUT2D eigenvalue weighted by molar-refractivity contribution is 0.102. The van der Waals surface area contributed by atoms with Crippen LogP contribution in [0.1, 0.15) is 42.3 Å². The van der Waals surface area contributed by atoms with Gasteiger partial charge in [-0.3, -0.25) is 9.52 Å². The molecule has 12 heteroatoms. The van der Waals surface area contributed by atoms with Crippen molar-refractivity contribution in [3.63, 3.8) is 0 Å². The number of carbonyl (C=O) groups excluding carboxylic acids is 1. The van der Waals surface area contributed by atoms with E-state index >= 15 is 0 Å². The van der Waals surface area contributed by atoms with Gasteiger partial charge in [0.05, 0.1) is 24.7 Å². The second kappa shape index (κ2) is 12.5. The zero-order valence-electron chi connectivity index (χ0n) is 24.2. The molecule has 0 saturated heterocycles. The number of carbonyl (C=O) groups is 1. The minimum atomic E-state index is -3.60. The van der Waals surface area contributed by atoms with Gasteiger partial charge in [-0.05, 0) is 61.8 Å². The third kappa shape index (κ3) is 8.55. The van der Waals surface area contributed by atoms with Crippen molar-refractivity contribution >= 4 is 33.1 Å². The Hall–Kier alpha value is -3.90. The van der Waals surface area contributed by atoms with Crippen molar-refractivity contribution in [1.29, 1.82) is 0 Å². The molecule has 0 atom stereocenters. The van der Waals surface area contributed by atoms with Crippen molar-refractivity contribution < 1.29 is 22.7 Å². The standard InChI is InChI=1S/C28H38N6O5S/c1-18-9-10-19(13-23(18)39-25-16-24(30-17-31-25)29-11-12-34(5)6)27(35)32-21-14-20(28(2,3)4)15-22(26(21)38-7)33-40(8,36)37/h9-10,13-17,33H,11-12H2,1-8H3,(H,32,35)(H,29,30,31). The first-order chi connectivity index (χ1) is 18.7. The fraction of sp³-hybridized carbons (Fsp3) is 0.393. The van der Waals surface area contributed by atoms with E-state index in [2.05, 4.69) is 30.2 Å². The minimum Gasteiger partial charge on any atom is -0.492 e. The van der Waals surface area contributed by atoms with Crippen molar-refractivity contribution in [3.05, 3.63) is 59.4 Å². The number of rotatable bonds is 11. The first-order valence-corrected chi connectivity index (χ1v) is 14.6. The van der Waals surface area contributed by atoms with E-state index in [0.29, 0.717) is 35.2 Å². The van der Waals surface area contributed by atoms with E-state index < -0.39 is 15.9 Å². The second-order valence-corrected chi connectivity index (χ2v) is 12.5. The number of nitrogens with one attached hydrogen (secondary N) is 3. The number of benzene rings is 2. The molecular weight excluding hydrogens is 532 g/mol. The highest BCUT2D eigenvalue weighted by Gasteiger charge is 2.23. The number of likely N-dealkylation sites (N-methyl/N-ethyl adjacent to an activating group) is 1. The molecule has 0 aliphatic heterocycles. The number of anilines is 3. The van der Waals surface area contributed by atoms with Gasteiger partial charge in [0.2, 0.25) is 15.9 Å². The van der Waals surface area contributed by atoms with Gasteiger partial charge in [0.15, 0.2) is 5.75 Å². The number of nitrogens with zero attached hydrogens (tertiary/aromatic N) is 3. The highest BCUT2D eigenvalue weighted by atomic mass is 32.2. The van der Waals surface area contributed by atoms with Gasteiger partial charge in [0, 0.05) is 24.7 Å². The summed E-state index contributed by atoms with van der Waals surface area (Å²) in [7, 11) is 1.80. The summed E-state index contributed by atoms with van der Waals surface area (Å²) in [6, 6.07) is 10.3. The van der Waals surface area contributed by atoms with Gasteiger partial charge in [-0.1, -0.05) is 26.8 Å². The number of amides is 1. The third-order valence-corrected chi connectivity index (χ3v) is 6.47. The Kier molecular flexibility index (Phi) is 9.59. The molecule has 2 aromatic carbocycles. The van der Waals surface area contributed by atoms with Crippen LogP contribution in [-0.4, -0.2) is 69.7 Å². The van der Waals surface area contributed by atoms with Gasteiger partial charge in [0.1, 0.15) is 17.9 Å². The van der Waals surface area contributed by atoms with Crippen LogP contribution < -0.4 is 24.8 Å². The smallest absolute Gasteiger partial charge is 0.255 e. The summed E-state index contributed by atoms with van der Waals surface area (Å²) in [5.41, 5.74) is 2.19. The summed E-state index contributed by atoms with van der Waals surface area (Å²) >= 11 is 0. The molecule has 1 aromatic heterocycles. The summed E-state index contributed by atoms with van der Waals surface area (Å²) in [6.07, 6.45) is 2.47. The predicted octanol–water partition coefficient (Wildman–Crippen LogP) is 4.48. The predicted molar refractivity (Wildman–Crippen MR) is 158 cm³/mol. The lowest BCUT2D eigenvalue weighted by Gasteiger charge is -2.24. The van der Waals surface area contributed by atoms with Gasteiger partial charge in [-0.15, -0.1) is 0 Å². The third-order valence-electron chi connectivity index (χ3n) is 5.87. The van der Waals surface area contributed by atoms with E-state index in [1.54, 1.807) is 36.4 Å². The zero-order valence-corrected chi connectivity index (χ0v) is 25.1. The molecule has 0 aliphatic rings. The summed E-state index contributed by atoms with van der Waals surface area (Å²) < 4.78 is 38.1. The Balaban J connectivity index is 1.89. The average molecular weight is 571 g/mol. The van der Waals surface area contributed by atoms with Crippen molar-refractivity contribution in [2.75, 3.05) is 55.9 Å². The number of ether oxygens (including phenoxy) is 2.